The van der Waals surface area contributed by atoms with Gasteiger partial charge in [-0.25, -0.2) is 4.98 Å². The van der Waals surface area contributed by atoms with Crippen molar-refractivity contribution in [3.63, 3.8) is 0 Å². The third kappa shape index (κ3) is 4.52. The van der Waals surface area contributed by atoms with Gasteiger partial charge in [0.05, 0.1) is 17.5 Å². The number of anilines is 1. The number of benzene rings is 1. The zero-order chi connectivity index (χ0) is 22.7. The lowest BCUT2D eigenvalue weighted by molar-refractivity contribution is 0.102. The van der Waals surface area contributed by atoms with E-state index in [4.69, 9.17) is 4.42 Å². The summed E-state index contributed by atoms with van der Waals surface area (Å²) >= 11 is 1.59. The molecule has 0 bridgehead atoms. The van der Waals surface area contributed by atoms with Crippen LogP contribution in [0.5, 0.6) is 0 Å². The number of nitrogens with zero attached hydrogens (tertiary/aromatic N) is 3. The van der Waals surface area contributed by atoms with E-state index in [9.17, 15) is 9.59 Å². The Labute approximate surface area is 189 Å². The molecule has 9 heteroatoms. The summed E-state index contributed by atoms with van der Waals surface area (Å²) in [6.45, 7) is 5.94. The van der Waals surface area contributed by atoms with Crippen LogP contribution in [0.2, 0.25) is 0 Å². The third-order valence-electron chi connectivity index (χ3n) is 4.70. The van der Waals surface area contributed by atoms with Gasteiger partial charge >= 0.3 is 0 Å². The number of aromatic nitrogens is 4. The van der Waals surface area contributed by atoms with Gasteiger partial charge in [0.15, 0.2) is 5.76 Å². The van der Waals surface area contributed by atoms with Gasteiger partial charge in [0, 0.05) is 17.0 Å². The topological polar surface area (TPSA) is 106 Å². The first kappa shape index (κ1) is 21.6. The van der Waals surface area contributed by atoms with Crippen molar-refractivity contribution in [2.24, 2.45) is 0 Å². The number of thioether (sulfide) groups is 1. The number of hydrogen-bond acceptors (Lipinski definition) is 6. The second-order valence-corrected chi connectivity index (χ2v) is 8.64. The van der Waals surface area contributed by atoms with E-state index in [1.165, 1.54) is 10.7 Å². The summed E-state index contributed by atoms with van der Waals surface area (Å²) in [7, 11) is 0. The number of aromatic amines is 1. The maximum absolute atomic E-state index is 13.1. The van der Waals surface area contributed by atoms with Crippen molar-refractivity contribution in [2.45, 2.75) is 31.6 Å². The Morgan fingerprint density at radius 3 is 2.75 bits per heavy atom. The van der Waals surface area contributed by atoms with Crippen LogP contribution in [0, 0.1) is 0 Å². The predicted octanol–water partition coefficient (Wildman–Crippen LogP) is 4.70. The molecule has 0 fully saturated rings. The summed E-state index contributed by atoms with van der Waals surface area (Å²) in [5, 5.41) is 7.46. The first-order chi connectivity index (χ1) is 15.5. The van der Waals surface area contributed by atoms with Gasteiger partial charge < -0.3 is 9.73 Å². The third-order valence-corrected chi connectivity index (χ3v) is 5.65. The number of rotatable bonds is 7. The molecule has 3 aromatic heterocycles. The van der Waals surface area contributed by atoms with E-state index in [-0.39, 0.29) is 23.3 Å². The molecule has 0 saturated carbocycles. The molecule has 8 nitrogen and oxygen atoms in total. The Bertz CT molecular complexity index is 1290. The summed E-state index contributed by atoms with van der Waals surface area (Å²) in [6, 6.07) is 14.1. The molecule has 0 spiro atoms. The second-order valence-electron chi connectivity index (χ2n) is 7.34. The predicted molar refractivity (Wildman–Crippen MR) is 125 cm³/mol. The molecule has 4 rings (SSSR count). The first-order valence-electron chi connectivity index (χ1n) is 10.2. The molecule has 4 aromatic rings. The molecule has 0 atom stereocenters. The van der Waals surface area contributed by atoms with Gasteiger partial charge in [-0.1, -0.05) is 32.9 Å². The number of hydrogen-bond donors (Lipinski definition) is 2. The van der Waals surface area contributed by atoms with Crippen molar-refractivity contribution >= 4 is 23.5 Å². The summed E-state index contributed by atoms with van der Waals surface area (Å²) < 4.78 is 6.88. The van der Waals surface area contributed by atoms with Crippen molar-refractivity contribution in [2.75, 3.05) is 11.1 Å². The molecule has 2 N–H and O–H groups in total. The highest BCUT2D eigenvalue weighted by Gasteiger charge is 2.19. The quantitative estimate of drug-likeness (QED) is 0.396. The highest BCUT2D eigenvalue weighted by molar-refractivity contribution is 7.99. The van der Waals surface area contributed by atoms with E-state index >= 15 is 0 Å². The van der Waals surface area contributed by atoms with E-state index in [2.05, 4.69) is 20.4 Å². The Morgan fingerprint density at radius 1 is 1.22 bits per heavy atom. The maximum atomic E-state index is 13.1. The van der Waals surface area contributed by atoms with Crippen LogP contribution in [0.25, 0.3) is 17.4 Å². The number of amides is 1. The molecule has 0 radical (unpaired) electrons. The van der Waals surface area contributed by atoms with Gasteiger partial charge in [-0.3, -0.25) is 14.6 Å². The van der Waals surface area contributed by atoms with Crippen molar-refractivity contribution in [3.05, 3.63) is 76.4 Å². The van der Waals surface area contributed by atoms with Gasteiger partial charge in [0.25, 0.3) is 11.5 Å². The Kier molecular flexibility index (Phi) is 6.27. The molecule has 164 valence electrons. The van der Waals surface area contributed by atoms with Crippen LogP contribution in [0.3, 0.4) is 0 Å². The minimum absolute atomic E-state index is 0.0483. The summed E-state index contributed by atoms with van der Waals surface area (Å²) in [4.78, 5) is 33.5. The van der Waals surface area contributed by atoms with Crippen LogP contribution in [-0.4, -0.2) is 31.4 Å². The smallest absolute Gasteiger partial charge is 0.257 e. The lowest BCUT2D eigenvalue weighted by atomic mass is 10.1. The van der Waals surface area contributed by atoms with Crippen molar-refractivity contribution < 1.29 is 9.21 Å². The number of carbonyl (C=O) groups is 1. The normalized spacial score (nSPS) is 11.1. The highest BCUT2D eigenvalue weighted by atomic mass is 32.2. The van der Waals surface area contributed by atoms with Crippen molar-refractivity contribution in [1.82, 2.24) is 19.7 Å². The SMILES string of the molecule is CCSc1ccccc1C(=O)Nc1cc(-c2ccco2)nn1-c1nc(C(C)C)cc(=O)[nH]1. The molecular formula is C23H23N5O3S. The average molecular weight is 450 g/mol. The van der Waals surface area contributed by atoms with Gasteiger partial charge in [-0.2, -0.15) is 9.78 Å². The zero-order valence-electron chi connectivity index (χ0n) is 18.0. The van der Waals surface area contributed by atoms with Crippen LogP contribution in [0.4, 0.5) is 5.82 Å². The van der Waals surface area contributed by atoms with Crippen molar-refractivity contribution in [1.29, 1.82) is 0 Å². The van der Waals surface area contributed by atoms with E-state index < -0.39 is 0 Å². The van der Waals surface area contributed by atoms with Crippen molar-refractivity contribution in [3.8, 4) is 17.4 Å². The minimum atomic E-state index is -0.296. The summed E-state index contributed by atoms with van der Waals surface area (Å²) in [6.07, 6.45) is 1.55. The van der Waals surface area contributed by atoms with Crippen LogP contribution in [0.15, 0.2) is 68.9 Å². The molecule has 0 aliphatic carbocycles. The van der Waals surface area contributed by atoms with Gasteiger partial charge in [0.1, 0.15) is 11.5 Å². The average Bonchev–Trinajstić information content (AvgIpc) is 3.44. The van der Waals surface area contributed by atoms with Crippen LogP contribution in [0.1, 0.15) is 42.7 Å². The fraction of sp³-hybridized carbons (Fsp3) is 0.217. The highest BCUT2D eigenvalue weighted by Crippen LogP contribution is 2.27. The van der Waals surface area contributed by atoms with Gasteiger partial charge in [-0.15, -0.1) is 11.8 Å². The standard InChI is InChI=1S/C23H23N5O3S/c1-4-32-19-10-6-5-8-15(19)22(30)25-20-12-17(18-9-7-11-31-18)27-28(20)23-24-16(14(2)3)13-21(29)26-23/h5-14H,4H2,1-3H3,(H,25,30)(H,24,26,29). The molecule has 32 heavy (non-hydrogen) atoms. The molecule has 0 unspecified atom stereocenters. The van der Waals surface area contributed by atoms with E-state index in [1.54, 1.807) is 42.3 Å². The van der Waals surface area contributed by atoms with Crippen LogP contribution >= 0.6 is 11.8 Å². The minimum Gasteiger partial charge on any atom is -0.463 e. The van der Waals surface area contributed by atoms with Gasteiger partial charge in [-0.05, 0) is 35.9 Å². The molecule has 1 aromatic carbocycles. The second kappa shape index (κ2) is 9.27. The molecule has 3 heterocycles. The van der Waals surface area contributed by atoms with Crippen LogP contribution in [-0.2, 0) is 0 Å². The monoisotopic (exact) mass is 449 g/mol. The van der Waals surface area contributed by atoms with E-state index in [1.807, 2.05) is 39.0 Å². The fourth-order valence-corrected chi connectivity index (χ4v) is 3.96. The van der Waals surface area contributed by atoms with E-state index in [0.29, 0.717) is 28.5 Å². The number of furan rings is 1. The molecule has 0 aliphatic heterocycles. The maximum Gasteiger partial charge on any atom is 0.257 e. The molecular weight excluding hydrogens is 426 g/mol. The number of H-pyrrole nitrogens is 1. The Morgan fingerprint density at radius 2 is 2.03 bits per heavy atom. The Balaban J connectivity index is 1.79. The fourth-order valence-electron chi connectivity index (χ4n) is 3.15. The first-order valence-corrected chi connectivity index (χ1v) is 11.2. The number of nitrogens with one attached hydrogen (secondary N) is 2. The summed E-state index contributed by atoms with van der Waals surface area (Å²) in [5.74, 6) is 1.72. The largest absolute Gasteiger partial charge is 0.463 e. The number of carbonyl (C=O) groups excluding carboxylic acids is 1. The lowest BCUT2D eigenvalue weighted by Gasteiger charge is -2.11. The van der Waals surface area contributed by atoms with Gasteiger partial charge in [0.2, 0.25) is 5.95 Å². The Hall–Kier alpha value is -3.59. The lowest BCUT2D eigenvalue weighted by Crippen LogP contribution is -2.20. The van der Waals surface area contributed by atoms with Crippen LogP contribution < -0.4 is 10.9 Å². The van der Waals surface area contributed by atoms with E-state index in [0.717, 1.165) is 10.6 Å². The molecule has 1 amide bonds. The summed E-state index contributed by atoms with van der Waals surface area (Å²) in [5.41, 5.74) is 1.39. The zero-order valence-corrected chi connectivity index (χ0v) is 18.8. The molecule has 0 saturated heterocycles. The molecule has 0 aliphatic rings.